The van der Waals surface area contributed by atoms with E-state index >= 15 is 0 Å². The topological polar surface area (TPSA) is 59.2 Å². The zero-order valence-electron chi connectivity index (χ0n) is 10.8. The fourth-order valence-electron chi connectivity index (χ4n) is 2.90. The molecule has 4 rings (SSSR count). The maximum absolute atomic E-state index is 5.69. The highest BCUT2D eigenvalue weighted by Gasteiger charge is 2.51. The van der Waals surface area contributed by atoms with Crippen molar-refractivity contribution >= 4 is 16.6 Å². The lowest BCUT2D eigenvalue weighted by Gasteiger charge is -2.53. The second kappa shape index (κ2) is 3.95. The summed E-state index contributed by atoms with van der Waals surface area (Å²) < 4.78 is 11.4. The lowest BCUT2D eigenvalue weighted by atomic mass is 9.75. The van der Waals surface area contributed by atoms with E-state index in [4.69, 9.17) is 9.47 Å². The van der Waals surface area contributed by atoms with Gasteiger partial charge in [-0.2, -0.15) is 5.10 Å². The minimum absolute atomic E-state index is 0.0517. The lowest BCUT2D eigenvalue weighted by Crippen LogP contribution is -2.62. The average molecular weight is 259 g/mol. The summed E-state index contributed by atoms with van der Waals surface area (Å²) in [4.78, 5) is 0. The maximum atomic E-state index is 5.69. The number of nitrogens with zero attached hydrogens (tertiary/aromatic N) is 1. The van der Waals surface area contributed by atoms with Crippen molar-refractivity contribution in [3.8, 4) is 0 Å². The molecule has 2 aromatic rings. The molecule has 2 aliphatic rings. The zero-order valence-corrected chi connectivity index (χ0v) is 10.8. The Morgan fingerprint density at radius 2 is 2.21 bits per heavy atom. The van der Waals surface area contributed by atoms with Crippen LogP contribution in [0.3, 0.4) is 0 Å². The summed E-state index contributed by atoms with van der Waals surface area (Å²) in [6.07, 6.45) is 5.06. The number of aromatic amines is 1. The normalized spacial score (nSPS) is 28.7. The molecule has 5 heteroatoms. The van der Waals surface area contributed by atoms with E-state index in [1.165, 1.54) is 6.42 Å². The molecule has 1 aliphatic carbocycles. The van der Waals surface area contributed by atoms with E-state index in [9.17, 15) is 0 Å². The average Bonchev–Trinajstić information content (AvgIpc) is 2.77. The number of rotatable bonds is 3. The van der Waals surface area contributed by atoms with E-state index in [0.717, 1.165) is 29.4 Å². The minimum atomic E-state index is -0.115. The predicted molar refractivity (Wildman–Crippen MR) is 71.7 cm³/mol. The van der Waals surface area contributed by atoms with Crippen LogP contribution in [-0.2, 0) is 9.47 Å². The minimum Gasteiger partial charge on any atom is -0.375 e. The second-order valence-electron chi connectivity index (χ2n) is 5.48. The molecule has 0 amide bonds. The van der Waals surface area contributed by atoms with Crippen LogP contribution in [0, 0.1) is 0 Å². The Hall–Kier alpha value is -1.59. The molecule has 5 nitrogen and oxygen atoms in total. The second-order valence-corrected chi connectivity index (χ2v) is 5.48. The van der Waals surface area contributed by atoms with Gasteiger partial charge >= 0.3 is 0 Å². The van der Waals surface area contributed by atoms with Crippen molar-refractivity contribution in [1.82, 2.24) is 10.2 Å². The molecular weight excluding hydrogens is 242 g/mol. The van der Waals surface area contributed by atoms with Gasteiger partial charge in [0.05, 0.1) is 17.3 Å². The summed E-state index contributed by atoms with van der Waals surface area (Å²) in [6, 6.07) is 6.23. The van der Waals surface area contributed by atoms with E-state index in [0.29, 0.717) is 0 Å². The van der Waals surface area contributed by atoms with Crippen molar-refractivity contribution in [2.24, 2.45) is 0 Å². The standard InChI is InChI=1S/C14H17N3O2/c1-9-18-13(19-9)14(5-2-6-14)16-11-3-4-12-10(7-11)8-15-17-12/h3-4,7-9,13,16H,2,5-6H2,1H3,(H,15,17). The number of nitrogens with one attached hydrogen (secondary N) is 2. The Morgan fingerprint density at radius 1 is 1.37 bits per heavy atom. The summed E-state index contributed by atoms with van der Waals surface area (Å²) in [5.74, 6) is 0. The van der Waals surface area contributed by atoms with E-state index < -0.39 is 0 Å². The van der Waals surface area contributed by atoms with Gasteiger partial charge in [0.1, 0.15) is 0 Å². The summed E-state index contributed by atoms with van der Waals surface area (Å²) in [6.45, 7) is 1.93. The van der Waals surface area contributed by atoms with E-state index in [1.807, 2.05) is 19.2 Å². The van der Waals surface area contributed by atoms with Crippen molar-refractivity contribution in [1.29, 1.82) is 0 Å². The van der Waals surface area contributed by atoms with Crippen LogP contribution in [0.5, 0.6) is 0 Å². The first-order valence-electron chi connectivity index (χ1n) is 6.77. The van der Waals surface area contributed by atoms with Crippen molar-refractivity contribution in [3.05, 3.63) is 24.4 Å². The molecular formula is C14H17N3O2. The Balaban J connectivity index is 1.58. The van der Waals surface area contributed by atoms with Gasteiger partial charge in [0.15, 0.2) is 12.6 Å². The SMILES string of the molecule is CC1OC(C2(Nc3ccc4[nH]ncc4c3)CCC2)O1. The molecule has 2 fully saturated rings. The number of hydrogen-bond donors (Lipinski definition) is 2. The molecule has 1 saturated carbocycles. The first kappa shape index (κ1) is 11.3. The number of fused-ring (bicyclic) bond motifs is 1. The molecule has 2 heterocycles. The lowest BCUT2D eigenvalue weighted by molar-refractivity contribution is -0.398. The van der Waals surface area contributed by atoms with Gasteiger partial charge in [0.2, 0.25) is 0 Å². The smallest absolute Gasteiger partial charge is 0.186 e. The molecule has 0 spiro atoms. The molecule has 19 heavy (non-hydrogen) atoms. The van der Waals surface area contributed by atoms with Crippen LogP contribution >= 0.6 is 0 Å². The van der Waals surface area contributed by atoms with Gasteiger partial charge in [-0.3, -0.25) is 5.10 Å². The predicted octanol–water partition coefficient (Wildman–Crippen LogP) is 2.62. The third-order valence-electron chi connectivity index (χ3n) is 4.16. The van der Waals surface area contributed by atoms with Crippen LogP contribution in [0.4, 0.5) is 5.69 Å². The highest BCUT2D eigenvalue weighted by atomic mass is 16.9. The Morgan fingerprint density at radius 3 is 2.89 bits per heavy atom. The van der Waals surface area contributed by atoms with Crippen LogP contribution in [0.1, 0.15) is 26.2 Å². The van der Waals surface area contributed by atoms with Crippen LogP contribution in [0.15, 0.2) is 24.4 Å². The van der Waals surface area contributed by atoms with Crippen LogP contribution in [0.2, 0.25) is 0 Å². The molecule has 100 valence electrons. The maximum Gasteiger partial charge on any atom is 0.186 e. The monoisotopic (exact) mass is 259 g/mol. The van der Waals surface area contributed by atoms with Gasteiger partial charge in [-0.15, -0.1) is 0 Å². The highest BCUT2D eigenvalue weighted by Crippen LogP contribution is 2.43. The van der Waals surface area contributed by atoms with Crippen molar-refractivity contribution in [2.45, 2.75) is 44.3 Å². The van der Waals surface area contributed by atoms with Gasteiger partial charge in [-0.25, -0.2) is 0 Å². The molecule has 1 aromatic heterocycles. The van der Waals surface area contributed by atoms with Crippen LogP contribution < -0.4 is 5.32 Å². The van der Waals surface area contributed by atoms with Crippen LogP contribution in [-0.4, -0.2) is 28.3 Å². The molecule has 2 N–H and O–H groups in total. The highest BCUT2D eigenvalue weighted by molar-refractivity contribution is 5.81. The largest absolute Gasteiger partial charge is 0.375 e. The quantitative estimate of drug-likeness (QED) is 0.889. The van der Waals surface area contributed by atoms with Gasteiger partial charge in [-0.1, -0.05) is 0 Å². The number of benzene rings is 1. The number of ether oxygens (including phenoxy) is 2. The Labute approximate surface area is 111 Å². The molecule has 0 unspecified atom stereocenters. The Kier molecular flexibility index (Phi) is 2.34. The molecule has 0 bridgehead atoms. The van der Waals surface area contributed by atoms with Gasteiger partial charge in [0, 0.05) is 11.1 Å². The zero-order chi connectivity index (χ0) is 12.9. The van der Waals surface area contributed by atoms with Crippen molar-refractivity contribution < 1.29 is 9.47 Å². The summed E-state index contributed by atoms with van der Waals surface area (Å²) in [5, 5.41) is 11.7. The first-order valence-corrected chi connectivity index (χ1v) is 6.77. The number of H-pyrrole nitrogens is 1. The van der Waals surface area contributed by atoms with Gasteiger partial charge < -0.3 is 14.8 Å². The fourth-order valence-corrected chi connectivity index (χ4v) is 2.90. The number of hydrogen-bond acceptors (Lipinski definition) is 4. The van der Waals surface area contributed by atoms with E-state index in [-0.39, 0.29) is 18.1 Å². The van der Waals surface area contributed by atoms with E-state index in [1.54, 1.807) is 0 Å². The molecule has 1 aromatic carbocycles. The van der Waals surface area contributed by atoms with Gasteiger partial charge in [0.25, 0.3) is 0 Å². The summed E-state index contributed by atoms with van der Waals surface area (Å²) in [5.41, 5.74) is 2.10. The number of aromatic nitrogens is 2. The number of anilines is 1. The van der Waals surface area contributed by atoms with E-state index in [2.05, 4.69) is 27.6 Å². The van der Waals surface area contributed by atoms with Crippen LogP contribution in [0.25, 0.3) is 10.9 Å². The molecule has 1 saturated heterocycles. The molecule has 0 atom stereocenters. The van der Waals surface area contributed by atoms with Crippen molar-refractivity contribution in [2.75, 3.05) is 5.32 Å². The summed E-state index contributed by atoms with van der Waals surface area (Å²) in [7, 11) is 0. The summed E-state index contributed by atoms with van der Waals surface area (Å²) >= 11 is 0. The van der Waals surface area contributed by atoms with Crippen molar-refractivity contribution in [3.63, 3.8) is 0 Å². The van der Waals surface area contributed by atoms with Gasteiger partial charge in [-0.05, 0) is 44.4 Å². The third kappa shape index (κ3) is 1.73. The molecule has 1 aliphatic heterocycles. The third-order valence-corrected chi connectivity index (χ3v) is 4.16. The fraction of sp³-hybridized carbons (Fsp3) is 0.500. The first-order chi connectivity index (χ1) is 9.25. The Bertz CT molecular complexity index is 600. The molecule has 0 radical (unpaired) electrons.